The van der Waals surface area contributed by atoms with Gasteiger partial charge in [0.25, 0.3) is 0 Å². The molecule has 0 bridgehead atoms. The van der Waals surface area contributed by atoms with Crippen LogP contribution in [0.25, 0.3) is 0 Å². The van der Waals surface area contributed by atoms with Crippen LogP contribution >= 0.6 is 0 Å². The molecule has 0 heterocycles. The second-order valence-corrected chi connectivity index (χ2v) is 2.46. The van der Waals surface area contributed by atoms with E-state index in [0.29, 0.717) is 6.42 Å². The molecule has 4 heteroatoms. The van der Waals surface area contributed by atoms with Gasteiger partial charge in [0.1, 0.15) is 6.04 Å². The Morgan fingerprint density at radius 2 is 2.27 bits per heavy atom. The van der Waals surface area contributed by atoms with Crippen molar-refractivity contribution in [3.05, 3.63) is 0 Å². The van der Waals surface area contributed by atoms with Crippen molar-refractivity contribution in [2.75, 3.05) is 14.2 Å². The summed E-state index contributed by atoms with van der Waals surface area (Å²) in [6.45, 7) is 1.84. The first-order valence-corrected chi connectivity index (χ1v) is 3.54. The standard InChI is InChI=1S/C7H15NO3/c1-5(11-3)4-6(8-2)7(9)10/h5-6,8H,4H2,1-3H3,(H,9,10). The van der Waals surface area contributed by atoms with Crippen LogP contribution in [-0.4, -0.2) is 37.4 Å². The van der Waals surface area contributed by atoms with Crippen LogP contribution in [0.3, 0.4) is 0 Å². The largest absolute Gasteiger partial charge is 0.480 e. The molecule has 0 aliphatic heterocycles. The number of rotatable bonds is 5. The number of methoxy groups -OCH3 is 1. The zero-order chi connectivity index (χ0) is 8.85. The van der Waals surface area contributed by atoms with E-state index in [2.05, 4.69) is 5.32 Å². The van der Waals surface area contributed by atoms with Crippen LogP contribution in [0.15, 0.2) is 0 Å². The SMILES string of the molecule is CNC(CC(C)OC)C(=O)O. The minimum absolute atomic E-state index is 0.0245. The Morgan fingerprint density at radius 3 is 2.55 bits per heavy atom. The number of nitrogens with one attached hydrogen (secondary N) is 1. The van der Waals surface area contributed by atoms with Gasteiger partial charge in [0, 0.05) is 7.11 Å². The molecule has 2 N–H and O–H groups in total. The Morgan fingerprint density at radius 1 is 1.73 bits per heavy atom. The van der Waals surface area contributed by atoms with Gasteiger partial charge in [0.15, 0.2) is 0 Å². The van der Waals surface area contributed by atoms with E-state index in [-0.39, 0.29) is 6.10 Å². The van der Waals surface area contributed by atoms with E-state index in [0.717, 1.165) is 0 Å². The number of carboxylic acids is 1. The van der Waals surface area contributed by atoms with Gasteiger partial charge in [-0.05, 0) is 20.4 Å². The molecule has 0 aromatic rings. The lowest BCUT2D eigenvalue weighted by molar-refractivity contribution is -0.140. The molecule has 0 spiro atoms. The molecule has 4 nitrogen and oxygen atoms in total. The summed E-state index contributed by atoms with van der Waals surface area (Å²) in [5.41, 5.74) is 0. The Hall–Kier alpha value is -0.610. The number of carboxylic acid groups (broad SMARTS) is 1. The number of hydrogen-bond donors (Lipinski definition) is 2. The summed E-state index contributed by atoms with van der Waals surface area (Å²) in [7, 11) is 3.19. The monoisotopic (exact) mass is 161 g/mol. The van der Waals surface area contributed by atoms with Gasteiger partial charge in [-0.3, -0.25) is 4.79 Å². The van der Waals surface area contributed by atoms with Crippen LogP contribution in [0.5, 0.6) is 0 Å². The number of aliphatic carboxylic acids is 1. The maximum atomic E-state index is 10.5. The molecule has 2 unspecified atom stereocenters. The van der Waals surface area contributed by atoms with Crippen molar-refractivity contribution in [1.82, 2.24) is 5.32 Å². The fraction of sp³-hybridized carbons (Fsp3) is 0.857. The zero-order valence-electron chi connectivity index (χ0n) is 7.13. The van der Waals surface area contributed by atoms with Gasteiger partial charge in [-0.25, -0.2) is 0 Å². The molecular weight excluding hydrogens is 146 g/mol. The predicted molar refractivity (Wildman–Crippen MR) is 41.6 cm³/mol. The van der Waals surface area contributed by atoms with Gasteiger partial charge in [-0.15, -0.1) is 0 Å². The Bertz CT molecular complexity index is 127. The van der Waals surface area contributed by atoms with E-state index in [1.165, 1.54) is 0 Å². The van der Waals surface area contributed by atoms with Crippen LogP contribution in [0, 0.1) is 0 Å². The van der Waals surface area contributed by atoms with E-state index in [9.17, 15) is 4.79 Å². The highest BCUT2D eigenvalue weighted by Gasteiger charge is 2.17. The van der Waals surface area contributed by atoms with Gasteiger partial charge >= 0.3 is 5.97 Å². The first-order chi connectivity index (χ1) is 5.11. The molecule has 0 saturated heterocycles. The summed E-state index contributed by atoms with van der Waals surface area (Å²) in [5.74, 6) is -0.837. The lowest BCUT2D eigenvalue weighted by atomic mass is 10.1. The fourth-order valence-electron chi connectivity index (χ4n) is 0.770. The van der Waals surface area contributed by atoms with Gasteiger partial charge in [-0.2, -0.15) is 0 Å². The highest BCUT2D eigenvalue weighted by Crippen LogP contribution is 2.00. The topological polar surface area (TPSA) is 58.6 Å². The number of ether oxygens (including phenoxy) is 1. The molecular formula is C7H15NO3. The van der Waals surface area contributed by atoms with Crippen molar-refractivity contribution in [2.24, 2.45) is 0 Å². The van der Waals surface area contributed by atoms with E-state index in [1.54, 1.807) is 14.2 Å². The Kier molecular flexibility index (Phi) is 4.81. The number of hydrogen-bond acceptors (Lipinski definition) is 3. The highest BCUT2D eigenvalue weighted by atomic mass is 16.5. The maximum absolute atomic E-state index is 10.5. The highest BCUT2D eigenvalue weighted by molar-refractivity contribution is 5.73. The summed E-state index contributed by atoms with van der Waals surface area (Å²) in [6, 6.07) is -0.509. The summed E-state index contributed by atoms with van der Waals surface area (Å²) in [4.78, 5) is 10.5. The lowest BCUT2D eigenvalue weighted by Gasteiger charge is -2.15. The van der Waals surface area contributed by atoms with Crippen LogP contribution in [0.1, 0.15) is 13.3 Å². The molecule has 0 saturated carbocycles. The molecule has 2 atom stereocenters. The third-order valence-corrected chi connectivity index (χ3v) is 1.62. The van der Waals surface area contributed by atoms with Crippen molar-refractivity contribution in [1.29, 1.82) is 0 Å². The third-order valence-electron chi connectivity index (χ3n) is 1.62. The van der Waals surface area contributed by atoms with Crippen molar-refractivity contribution >= 4 is 5.97 Å². The van der Waals surface area contributed by atoms with Crippen LogP contribution in [0.2, 0.25) is 0 Å². The van der Waals surface area contributed by atoms with Gasteiger partial charge in [0.2, 0.25) is 0 Å². The second kappa shape index (κ2) is 5.09. The molecule has 0 fully saturated rings. The second-order valence-electron chi connectivity index (χ2n) is 2.46. The first-order valence-electron chi connectivity index (χ1n) is 3.54. The molecule has 0 radical (unpaired) electrons. The van der Waals surface area contributed by atoms with E-state index >= 15 is 0 Å². The van der Waals surface area contributed by atoms with Gasteiger partial charge in [-0.1, -0.05) is 0 Å². The first kappa shape index (κ1) is 10.4. The van der Waals surface area contributed by atoms with Crippen molar-refractivity contribution < 1.29 is 14.6 Å². The molecule has 11 heavy (non-hydrogen) atoms. The Balaban J connectivity index is 3.77. The van der Waals surface area contributed by atoms with Gasteiger partial charge < -0.3 is 15.2 Å². The summed E-state index contributed by atoms with van der Waals surface area (Å²) in [5, 5.41) is 11.3. The maximum Gasteiger partial charge on any atom is 0.320 e. The molecule has 0 aromatic heterocycles. The summed E-state index contributed by atoms with van der Waals surface area (Å²) < 4.78 is 4.93. The van der Waals surface area contributed by atoms with Crippen LogP contribution in [-0.2, 0) is 9.53 Å². The molecule has 0 aromatic carbocycles. The number of carbonyl (C=O) groups is 1. The molecule has 0 aliphatic carbocycles. The zero-order valence-corrected chi connectivity index (χ0v) is 7.13. The van der Waals surface area contributed by atoms with Crippen molar-refractivity contribution in [3.8, 4) is 0 Å². The molecule has 0 amide bonds. The van der Waals surface area contributed by atoms with Crippen molar-refractivity contribution in [2.45, 2.75) is 25.5 Å². The van der Waals surface area contributed by atoms with Crippen LogP contribution in [0.4, 0.5) is 0 Å². The lowest BCUT2D eigenvalue weighted by Crippen LogP contribution is -2.36. The van der Waals surface area contributed by atoms with Gasteiger partial charge in [0.05, 0.1) is 6.10 Å². The quantitative estimate of drug-likeness (QED) is 0.599. The van der Waals surface area contributed by atoms with Crippen LogP contribution < -0.4 is 5.32 Å². The predicted octanol–water partition coefficient (Wildman–Crippen LogP) is 0.0840. The average Bonchev–Trinajstić information content (AvgIpc) is 1.99. The number of likely N-dealkylation sites (N-methyl/N-ethyl adjacent to an activating group) is 1. The molecule has 66 valence electrons. The minimum Gasteiger partial charge on any atom is -0.480 e. The van der Waals surface area contributed by atoms with E-state index in [1.807, 2.05) is 6.92 Å². The minimum atomic E-state index is -0.837. The smallest absolute Gasteiger partial charge is 0.320 e. The Labute approximate surface area is 66.5 Å². The third kappa shape index (κ3) is 3.95. The normalized spacial score (nSPS) is 15.9. The van der Waals surface area contributed by atoms with Crippen molar-refractivity contribution in [3.63, 3.8) is 0 Å². The summed E-state index contributed by atoms with van der Waals surface area (Å²) >= 11 is 0. The average molecular weight is 161 g/mol. The molecule has 0 aliphatic rings. The fourth-order valence-corrected chi connectivity index (χ4v) is 0.770. The molecule has 0 rings (SSSR count). The van der Waals surface area contributed by atoms with E-state index in [4.69, 9.17) is 9.84 Å². The summed E-state index contributed by atoms with van der Waals surface area (Å²) in [6.07, 6.45) is 0.464. The van der Waals surface area contributed by atoms with E-state index < -0.39 is 12.0 Å².